The van der Waals surface area contributed by atoms with Crippen LogP contribution in [-0.2, 0) is 0 Å². The highest BCUT2D eigenvalue weighted by Gasteiger charge is 2.27. The van der Waals surface area contributed by atoms with E-state index in [-0.39, 0.29) is 6.04 Å². The molecule has 0 bridgehead atoms. The van der Waals surface area contributed by atoms with Crippen molar-refractivity contribution in [1.29, 1.82) is 0 Å². The number of aliphatic imine (C=N–C) groups is 1. The molecule has 0 amide bonds. The third-order valence-electron chi connectivity index (χ3n) is 2.13. The Morgan fingerprint density at radius 3 is 3.31 bits per heavy atom. The molecular formula is C10H6NOS. The maximum Gasteiger partial charge on any atom is 0.132 e. The highest BCUT2D eigenvalue weighted by atomic mass is 32.2. The van der Waals surface area contributed by atoms with E-state index >= 15 is 0 Å². The molecule has 0 aromatic heterocycles. The Bertz CT molecular complexity index is 411. The molecule has 1 radical (unpaired) electrons. The van der Waals surface area contributed by atoms with Gasteiger partial charge in [0.05, 0.1) is 4.91 Å². The Morgan fingerprint density at radius 2 is 2.31 bits per heavy atom. The maximum absolute atomic E-state index is 5.45. The van der Waals surface area contributed by atoms with Crippen LogP contribution < -0.4 is 4.74 Å². The van der Waals surface area contributed by atoms with Crippen LogP contribution in [0.15, 0.2) is 40.4 Å². The van der Waals surface area contributed by atoms with Crippen LogP contribution in [0.5, 0.6) is 5.75 Å². The van der Waals surface area contributed by atoms with Gasteiger partial charge in [0.15, 0.2) is 0 Å². The molecule has 3 rings (SSSR count). The first-order chi connectivity index (χ1) is 6.45. The zero-order valence-electron chi connectivity index (χ0n) is 6.73. The van der Waals surface area contributed by atoms with E-state index in [0.717, 1.165) is 16.2 Å². The van der Waals surface area contributed by atoms with Gasteiger partial charge >= 0.3 is 0 Å². The fourth-order valence-electron chi connectivity index (χ4n) is 1.50. The summed E-state index contributed by atoms with van der Waals surface area (Å²) in [7, 11) is 0. The number of hydrogen-bond acceptors (Lipinski definition) is 3. The molecule has 2 aliphatic heterocycles. The van der Waals surface area contributed by atoms with Crippen molar-refractivity contribution in [2.75, 3.05) is 0 Å². The van der Waals surface area contributed by atoms with Gasteiger partial charge in [0.2, 0.25) is 0 Å². The lowest BCUT2D eigenvalue weighted by atomic mass is 10.1. The van der Waals surface area contributed by atoms with Gasteiger partial charge in [-0.3, -0.25) is 4.99 Å². The van der Waals surface area contributed by atoms with Crippen molar-refractivity contribution in [3.63, 3.8) is 0 Å². The summed E-state index contributed by atoms with van der Waals surface area (Å²) in [6.45, 7) is 0. The van der Waals surface area contributed by atoms with Crippen molar-refractivity contribution in [2.24, 2.45) is 4.99 Å². The fourth-order valence-corrected chi connectivity index (χ4v) is 2.15. The number of para-hydroxylation sites is 1. The number of nitrogens with zero attached hydrogens (tertiary/aromatic N) is 1. The number of ether oxygens (including phenoxy) is 1. The molecule has 0 saturated heterocycles. The number of fused-ring (bicyclic) bond motifs is 3. The van der Waals surface area contributed by atoms with Crippen LogP contribution in [0.1, 0.15) is 11.6 Å². The first kappa shape index (κ1) is 7.21. The van der Waals surface area contributed by atoms with Crippen LogP contribution in [0.4, 0.5) is 0 Å². The highest BCUT2D eigenvalue weighted by molar-refractivity contribution is 8.15. The first-order valence-corrected chi connectivity index (χ1v) is 4.84. The zero-order chi connectivity index (χ0) is 8.67. The molecule has 2 nitrogen and oxygen atoms in total. The molecule has 1 atom stereocenters. The van der Waals surface area contributed by atoms with Crippen LogP contribution in [0.25, 0.3) is 0 Å². The van der Waals surface area contributed by atoms with E-state index < -0.39 is 0 Å². The maximum atomic E-state index is 5.45. The first-order valence-electron chi connectivity index (χ1n) is 4.02. The van der Waals surface area contributed by atoms with E-state index in [1.165, 1.54) is 11.8 Å². The number of hydrogen-bond donors (Lipinski definition) is 0. The Hall–Kier alpha value is -1.22. The highest BCUT2D eigenvalue weighted by Crippen LogP contribution is 2.44. The number of rotatable bonds is 0. The standard InChI is InChI=1S/C10H6NOS/c1-2-4-8-7(3-1)10-9(5-12-8)13-6-11-10/h1-5,10H. The van der Waals surface area contributed by atoms with Gasteiger partial charge in [-0.2, -0.15) is 0 Å². The number of thioether (sulfide) groups is 1. The molecule has 0 spiro atoms. The average molecular weight is 188 g/mol. The summed E-state index contributed by atoms with van der Waals surface area (Å²) in [6, 6.07) is 8.11. The normalized spacial score (nSPS) is 23.1. The molecule has 0 saturated carbocycles. The van der Waals surface area contributed by atoms with Gasteiger partial charge in [-0.25, -0.2) is 0 Å². The van der Waals surface area contributed by atoms with Crippen LogP contribution in [0, 0.1) is 0 Å². The van der Waals surface area contributed by atoms with Gasteiger partial charge in [-0.1, -0.05) is 30.0 Å². The predicted octanol–water partition coefficient (Wildman–Crippen LogP) is 2.61. The SMILES string of the molecule is [C]1=NC2C(=COc3ccccc32)S1. The molecule has 1 aromatic rings. The van der Waals surface area contributed by atoms with Crippen molar-refractivity contribution in [3.8, 4) is 5.75 Å². The fraction of sp³-hybridized carbons (Fsp3) is 0.100. The molecular weight excluding hydrogens is 182 g/mol. The second kappa shape index (κ2) is 2.64. The summed E-state index contributed by atoms with van der Waals surface area (Å²) >= 11 is 1.51. The topological polar surface area (TPSA) is 21.6 Å². The van der Waals surface area contributed by atoms with Crippen LogP contribution in [-0.4, -0.2) is 5.55 Å². The largest absolute Gasteiger partial charge is 0.464 e. The monoisotopic (exact) mass is 188 g/mol. The lowest BCUT2D eigenvalue weighted by Gasteiger charge is -2.18. The second-order valence-electron chi connectivity index (χ2n) is 2.90. The Kier molecular flexibility index (Phi) is 1.46. The van der Waals surface area contributed by atoms with E-state index in [1.807, 2.05) is 24.3 Å². The van der Waals surface area contributed by atoms with Gasteiger partial charge in [0.25, 0.3) is 0 Å². The van der Waals surface area contributed by atoms with Gasteiger partial charge < -0.3 is 4.74 Å². The Balaban J connectivity index is 2.17. The quantitative estimate of drug-likeness (QED) is 0.624. The lowest BCUT2D eigenvalue weighted by Crippen LogP contribution is -2.03. The van der Waals surface area contributed by atoms with Crippen LogP contribution in [0.2, 0.25) is 0 Å². The Morgan fingerprint density at radius 1 is 1.38 bits per heavy atom. The minimum atomic E-state index is 0.134. The van der Waals surface area contributed by atoms with E-state index in [4.69, 9.17) is 4.74 Å². The van der Waals surface area contributed by atoms with Crippen molar-refractivity contribution in [2.45, 2.75) is 6.04 Å². The molecule has 13 heavy (non-hydrogen) atoms. The lowest BCUT2D eigenvalue weighted by molar-refractivity contribution is 0.453. The van der Waals surface area contributed by atoms with E-state index in [9.17, 15) is 0 Å². The molecule has 3 heteroatoms. The number of benzene rings is 1. The smallest absolute Gasteiger partial charge is 0.132 e. The molecule has 0 fully saturated rings. The molecule has 2 aliphatic rings. The van der Waals surface area contributed by atoms with Gasteiger partial charge in [0, 0.05) is 5.56 Å². The summed E-state index contributed by atoms with van der Waals surface area (Å²) in [4.78, 5) is 5.39. The van der Waals surface area contributed by atoms with Crippen LogP contribution in [0.3, 0.4) is 0 Å². The third kappa shape index (κ3) is 1.00. The minimum Gasteiger partial charge on any atom is -0.464 e. The molecule has 0 aliphatic carbocycles. The van der Waals surface area contributed by atoms with E-state index in [2.05, 4.69) is 10.5 Å². The molecule has 1 aromatic carbocycles. The van der Waals surface area contributed by atoms with Crippen molar-refractivity contribution < 1.29 is 4.74 Å². The zero-order valence-corrected chi connectivity index (χ0v) is 7.54. The van der Waals surface area contributed by atoms with Crippen molar-refractivity contribution in [1.82, 2.24) is 0 Å². The third-order valence-corrected chi connectivity index (χ3v) is 2.88. The molecule has 63 valence electrons. The van der Waals surface area contributed by atoms with Gasteiger partial charge in [-0.05, 0) is 6.07 Å². The predicted molar refractivity (Wildman–Crippen MR) is 52.9 cm³/mol. The van der Waals surface area contributed by atoms with Gasteiger partial charge in [0.1, 0.15) is 23.6 Å². The van der Waals surface area contributed by atoms with Crippen molar-refractivity contribution in [3.05, 3.63) is 41.0 Å². The van der Waals surface area contributed by atoms with Crippen LogP contribution >= 0.6 is 11.8 Å². The average Bonchev–Trinajstić information content (AvgIpc) is 2.65. The van der Waals surface area contributed by atoms with E-state index in [1.54, 1.807) is 6.26 Å². The minimum absolute atomic E-state index is 0.134. The summed E-state index contributed by atoms with van der Waals surface area (Å²) in [5, 5.41) is 0. The summed E-state index contributed by atoms with van der Waals surface area (Å²) in [5.41, 5.74) is 4.04. The second-order valence-corrected chi connectivity index (χ2v) is 3.76. The summed E-state index contributed by atoms with van der Waals surface area (Å²) in [6.07, 6.45) is 1.77. The molecule has 0 N–H and O–H groups in total. The summed E-state index contributed by atoms with van der Waals surface area (Å²) < 4.78 is 5.45. The summed E-state index contributed by atoms with van der Waals surface area (Å²) in [5.74, 6) is 0.907. The van der Waals surface area contributed by atoms with Gasteiger partial charge in [-0.15, -0.1) is 0 Å². The molecule has 2 heterocycles. The Labute approximate surface area is 80.3 Å². The molecule has 1 unspecified atom stereocenters. The van der Waals surface area contributed by atoms with Crippen molar-refractivity contribution >= 4 is 17.3 Å². The van der Waals surface area contributed by atoms with E-state index in [0.29, 0.717) is 0 Å².